The lowest BCUT2D eigenvalue weighted by atomic mass is 9.95. The van der Waals surface area contributed by atoms with Crippen LogP contribution in [0.3, 0.4) is 0 Å². The van der Waals surface area contributed by atoms with Crippen LogP contribution in [-0.4, -0.2) is 44.3 Å². The minimum Gasteiger partial charge on any atom is -0.478 e. The van der Waals surface area contributed by atoms with Gasteiger partial charge in [-0.15, -0.1) is 0 Å². The fourth-order valence-electron chi connectivity index (χ4n) is 2.74. The molecule has 0 spiro atoms. The van der Waals surface area contributed by atoms with E-state index in [1.165, 1.54) is 24.3 Å². The Kier molecular flexibility index (Phi) is 8.01. The van der Waals surface area contributed by atoms with E-state index in [0.29, 0.717) is 33.4 Å². The minimum atomic E-state index is -1.15. The van der Waals surface area contributed by atoms with Gasteiger partial charge >= 0.3 is 23.9 Å². The predicted octanol–water partition coefficient (Wildman–Crippen LogP) is 3.74. The Bertz CT molecular complexity index is 1000. The lowest BCUT2D eigenvalue weighted by Gasteiger charge is -2.09. The van der Waals surface area contributed by atoms with Crippen molar-refractivity contribution >= 4 is 48.2 Å². The third-order valence-electron chi connectivity index (χ3n) is 3.96. The molecule has 8 heteroatoms. The van der Waals surface area contributed by atoms with Crippen LogP contribution in [0.25, 0.3) is 35.4 Å². The number of aliphatic carboxylic acids is 4. The number of benzene rings is 2. The van der Waals surface area contributed by atoms with Crippen molar-refractivity contribution in [2.75, 3.05) is 0 Å². The molecule has 8 nitrogen and oxygen atoms in total. The smallest absolute Gasteiger partial charge is 0.328 e. The number of hydrogen-bond acceptors (Lipinski definition) is 4. The van der Waals surface area contributed by atoms with E-state index in [9.17, 15) is 19.2 Å². The van der Waals surface area contributed by atoms with Crippen molar-refractivity contribution in [3.05, 3.63) is 83.0 Å². The molecule has 0 aliphatic rings. The summed E-state index contributed by atoms with van der Waals surface area (Å²) in [7, 11) is 0. The Morgan fingerprint density at radius 3 is 0.844 bits per heavy atom. The monoisotopic (exact) mass is 434 g/mol. The maximum absolute atomic E-state index is 10.9. The Labute approximate surface area is 182 Å². The zero-order valence-electron chi connectivity index (χ0n) is 16.5. The molecular formula is C24H18O8. The second-order valence-corrected chi connectivity index (χ2v) is 6.46. The van der Waals surface area contributed by atoms with E-state index >= 15 is 0 Å². The van der Waals surface area contributed by atoms with Gasteiger partial charge in [0, 0.05) is 24.3 Å². The molecule has 0 fully saturated rings. The van der Waals surface area contributed by atoms with Crippen LogP contribution in [0.5, 0.6) is 0 Å². The first-order chi connectivity index (χ1) is 15.1. The van der Waals surface area contributed by atoms with Crippen molar-refractivity contribution in [1.29, 1.82) is 0 Å². The molecule has 2 aromatic carbocycles. The van der Waals surface area contributed by atoms with Gasteiger partial charge in [-0.3, -0.25) is 0 Å². The van der Waals surface area contributed by atoms with Gasteiger partial charge in [-0.1, -0.05) is 0 Å². The fraction of sp³-hybridized carbons (Fsp3) is 0. The van der Waals surface area contributed by atoms with Crippen molar-refractivity contribution in [2.24, 2.45) is 0 Å². The SMILES string of the molecule is O=C(O)/C=C/c1cc(/C=C/C(=O)O)cc(-c2cc(/C=C/C(=O)O)cc(/C=C/C(=O)O)c2)c1. The standard InChI is InChI=1S/C24H18O8/c25-21(26)5-1-15-9-16(2-6-22(27)28)12-19(11-15)20-13-17(3-7-23(29)30)10-18(14-20)4-8-24(31)32/h1-14H,(H,25,26)(H,27,28)(H,29,30)(H,31,32)/b5-1+,6-2+,7-3+,8-4+. The quantitative estimate of drug-likeness (QED) is 0.436. The van der Waals surface area contributed by atoms with Crippen LogP contribution < -0.4 is 0 Å². The highest BCUT2D eigenvalue weighted by molar-refractivity contribution is 5.89. The van der Waals surface area contributed by atoms with Crippen LogP contribution in [0.1, 0.15) is 22.3 Å². The first kappa shape index (κ1) is 23.6. The number of hydrogen-bond donors (Lipinski definition) is 4. The normalized spacial score (nSPS) is 11.6. The summed E-state index contributed by atoms with van der Waals surface area (Å²) in [5.74, 6) is -4.61. The summed E-state index contributed by atoms with van der Waals surface area (Å²) in [5, 5.41) is 35.6. The Hall–Kier alpha value is -4.72. The first-order valence-corrected chi connectivity index (χ1v) is 9.07. The summed E-state index contributed by atoms with van der Waals surface area (Å²) < 4.78 is 0. The lowest BCUT2D eigenvalue weighted by Crippen LogP contribution is -1.91. The van der Waals surface area contributed by atoms with Crippen molar-refractivity contribution in [3.63, 3.8) is 0 Å². The summed E-state index contributed by atoms with van der Waals surface area (Å²) in [6.45, 7) is 0. The topological polar surface area (TPSA) is 149 Å². The molecule has 4 N–H and O–H groups in total. The number of carbonyl (C=O) groups is 4. The Balaban J connectivity index is 2.68. The largest absolute Gasteiger partial charge is 0.478 e. The molecule has 0 radical (unpaired) electrons. The molecule has 0 saturated carbocycles. The summed E-state index contributed by atoms with van der Waals surface area (Å²) >= 11 is 0. The van der Waals surface area contributed by atoms with E-state index in [-0.39, 0.29) is 0 Å². The van der Waals surface area contributed by atoms with Gasteiger partial charge in [0.2, 0.25) is 0 Å². The van der Waals surface area contributed by atoms with Gasteiger partial charge in [0.25, 0.3) is 0 Å². The van der Waals surface area contributed by atoms with Crippen molar-refractivity contribution in [1.82, 2.24) is 0 Å². The third-order valence-corrected chi connectivity index (χ3v) is 3.96. The molecule has 32 heavy (non-hydrogen) atoms. The van der Waals surface area contributed by atoms with E-state index in [2.05, 4.69) is 0 Å². The van der Waals surface area contributed by atoms with Crippen molar-refractivity contribution in [3.8, 4) is 11.1 Å². The van der Waals surface area contributed by atoms with Gasteiger partial charge in [0.1, 0.15) is 0 Å². The van der Waals surface area contributed by atoms with Gasteiger partial charge in [-0.05, 0) is 94.1 Å². The van der Waals surface area contributed by atoms with Gasteiger partial charge < -0.3 is 20.4 Å². The van der Waals surface area contributed by atoms with E-state index in [0.717, 1.165) is 24.3 Å². The summed E-state index contributed by atoms with van der Waals surface area (Å²) in [6.07, 6.45) is 9.17. The molecule has 0 aliphatic heterocycles. The molecule has 0 unspecified atom stereocenters. The molecule has 0 aliphatic carbocycles. The highest BCUT2D eigenvalue weighted by Gasteiger charge is 2.06. The van der Waals surface area contributed by atoms with Crippen LogP contribution in [0.15, 0.2) is 60.7 Å². The summed E-state index contributed by atoms with van der Waals surface area (Å²) in [4.78, 5) is 43.5. The van der Waals surface area contributed by atoms with E-state index < -0.39 is 23.9 Å². The van der Waals surface area contributed by atoms with Crippen LogP contribution in [0.4, 0.5) is 0 Å². The lowest BCUT2D eigenvalue weighted by molar-refractivity contribution is -0.132. The maximum atomic E-state index is 10.9. The molecule has 0 aromatic heterocycles. The van der Waals surface area contributed by atoms with Gasteiger partial charge in [0.15, 0.2) is 0 Å². The zero-order valence-corrected chi connectivity index (χ0v) is 16.5. The molecule has 162 valence electrons. The molecule has 0 bridgehead atoms. The average Bonchev–Trinajstić information content (AvgIpc) is 2.73. The highest BCUT2D eigenvalue weighted by Crippen LogP contribution is 2.27. The summed E-state index contributed by atoms with van der Waals surface area (Å²) in [6, 6.07) is 9.87. The number of carboxylic acids is 4. The third kappa shape index (κ3) is 7.96. The van der Waals surface area contributed by atoms with E-state index in [4.69, 9.17) is 20.4 Å². The molecular weight excluding hydrogens is 416 g/mol. The van der Waals surface area contributed by atoms with Crippen LogP contribution in [0, 0.1) is 0 Å². The fourth-order valence-corrected chi connectivity index (χ4v) is 2.74. The van der Waals surface area contributed by atoms with Crippen LogP contribution >= 0.6 is 0 Å². The number of carboxylic acid groups (broad SMARTS) is 4. The predicted molar refractivity (Wildman–Crippen MR) is 119 cm³/mol. The van der Waals surface area contributed by atoms with Gasteiger partial charge in [0.05, 0.1) is 0 Å². The van der Waals surface area contributed by atoms with Gasteiger partial charge in [-0.2, -0.15) is 0 Å². The number of rotatable bonds is 9. The zero-order chi connectivity index (χ0) is 23.7. The molecule has 0 heterocycles. The molecule has 0 amide bonds. The Morgan fingerprint density at radius 1 is 0.438 bits per heavy atom. The van der Waals surface area contributed by atoms with Crippen LogP contribution in [0.2, 0.25) is 0 Å². The maximum Gasteiger partial charge on any atom is 0.328 e. The second kappa shape index (κ2) is 10.9. The second-order valence-electron chi connectivity index (χ2n) is 6.46. The first-order valence-electron chi connectivity index (χ1n) is 9.07. The summed E-state index contributed by atoms with van der Waals surface area (Å²) in [5.41, 5.74) is 3.12. The molecule has 2 aromatic rings. The van der Waals surface area contributed by atoms with E-state index in [1.807, 2.05) is 0 Å². The molecule has 2 rings (SSSR count). The average molecular weight is 434 g/mol. The van der Waals surface area contributed by atoms with E-state index in [1.54, 1.807) is 36.4 Å². The van der Waals surface area contributed by atoms with Crippen molar-refractivity contribution < 1.29 is 39.6 Å². The van der Waals surface area contributed by atoms with Gasteiger partial charge in [-0.25, -0.2) is 19.2 Å². The van der Waals surface area contributed by atoms with Crippen LogP contribution in [-0.2, 0) is 19.2 Å². The van der Waals surface area contributed by atoms with Crippen molar-refractivity contribution in [2.45, 2.75) is 0 Å². The Morgan fingerprint density at radius 2 is 0.656 bits per heavy atom. The molecule has 0 atom stereocenters. The highest BCUT2D eigenvalue weighted by atomic mass is 16.4. The minimum absolute atomic E-state index is 0.490. The molecule has 0 saturated heterocycles.